The summed E-state index contributed by atoms with van der Waals surface area (Å²) in [4.78, 5) is 0. The molecule has 2 bridgehead atoms. The number of hydrogen-bond donors (Lipinski definition) is 1. The second-order valence-electron chi connectivity index (χ2n) is 5.90. The van der Waals surface area contributed by atoms with Crippen molar-refractivity contribution in [1.29, 1.82) is 0 Å². The zero-order chi connectivity index (χ0) is 12.5. The van der Waals surface area contributed by atoms with Crippen LogP contribution in [-0.4, -0.2) is 18.2 Å². The first-order chi connectivity index (χ1) is 8.72. The lowest BCUT2D eigenvalue weighted by Gasteiger charge is -2.40. The lowest BCUT2D eigenvalue weighted by atomic mass is 9.85. The highest BCUT2D eigenvalue weighted by Crippen LogP contribution is 2.30. The van der Waals surface area contributed by atoms with Crippen molar-refractivity contribution >= 4 is 0 Å². The summed E-state index contributed by atoms with van der Waals surface area (Å²) in [6.45, 7) is 4.31. The van der Waals surface area contributed by atoms with E-state index in [0.29, 0.717) is 18.2 Å². The minimum Gasteiger partial charge on any atom is -0.490 e. The SMILES string of the molecule is Cc1cccc(OC2C[C@H]3CCC[C@@H](C2)N3)c1C. The van der Waals surface area contributed by atoms with Gasteiger partial charge in [0, 0.05) is 12.1 Å². The van der Waals surface area contributed by atoms with Crippen LogP contribution in [0.15, 0.2) is 18.2 Å². The van der Waals surface area contributed by atoms with Gasteiger partial charge < -0.3 is 10.1 Å². The summed E-state index contributed by atoms with van der Waals surface area (Å²) in [6, 6.07) is 7.74. The molecule has 0 radical (unpaired) electrons. The molecule has 3 atom stereocenters. The molecule has 1 unspecified atom stereocenters. The van der Waals surface area contributed by atoms with Gasteiger partial charge in [-0.25, -0.2) is 0 Å². The van der Waals surface area contributed by atoms with Gasteiger partial charge in [0.25, 0.3) is 0 Å². The van der Waals surface area contributed by atoms with E-state index in [9.17, 15) is 0 Å². The maximum Gasteiger partial charge on any atom is 0.122 e. The topological polar surface area (TPSA) is 21.3 Å². The van der Waals surface area contributed by atoms with Gasteiger partial charge in [0.2, 0.25) is 0 Å². The second-order valence-corrected chi connectivity index (χ2v) is 5.90. The number of benzene rings is 1. The molecule has 0 amide bonds. The van der Waals surface area contributed by atoms with E-state index in [1.54, 1.807) is 0 Å². The molecular formula is C16H23NO. The maximum absolute atomic E-state index is 6.26. The van der Waals surface area contributed by atoms with Crippen molar-refractivity contribution in [3.63, 3.8) is 0 Å². The predicted molar refractivity (Wildman–Crippen MR) is 74.1 cm³/mol. The zero-order valence-corrected chi connectivity index (χ0v) is 11.4. The third-order valence-corrected chi connectivity index (χ3v) is 4.52. The molecule has 0 aromatic heterocycles. The van der Waals surface area contributed by atoms with E-state index in [1.165, 1.54) is 43.2 Å². The van der Waals surface area contributed by atoms with Crippen molar-refractivity contribution in [2.75, 3.05) is 0 Å². The fourth-order valence-electron chi connectivity index (χ4n) is 3.34. The second kappa shape index (κ2) is 4.93. The molecule has 0 aliphatic carbocycles. The Bertz CT molecular complexity index is 417. The molecule has 3 rings (SSSR count). The number of rotatable bonds is 2. The maximum atomic E-state index is 6.26. The Morgan fingerprint density at radius 2 is 1.83 bits per heavy atom. The summed E-state index contributed by atoms with van der Waals surface area (Å²) < 4.78 is 6.26. The molecular weight excluding hydrogens is 222 g/mol. The Labute approximate surface area is 110 Å². The number of nitrogens with one attached hydrogen (secondary N) is 1. The van der Waals surface area contributed by atoms with Crippen LogP contribution >= 0.6 is 0 Å². The van der Waals surface area contributed by atoms with Crippen LogP contribution in [-0.2, 0) is 0 Å². The molecule has 2 fully saturated rings. The predicted octanol–water partition coefficient (Wildman–Crippen LogP) is 3.36. The summed E-state index contributed by atoms with van der Waals surface area (Å²) in [7, 11) is 0. The summed E-state index contributed by atoms with van der Waals surface area (Å²) in [5.41, 5.74) is 2.61. The van der Waals surface area contributed by atoms with Gasteiger partial charge in [0.15, 0.2) is 0 Å². The summed E-state index contributed by atoms with van der Waals surface area (Å²) >= 11 is 0. The lowest BCUT2D eigenvalue weighted by Crippen LogP contribution is -2.51. The Hall–Kier alpha value is -1.02. The van der Waals surface area contributed by atoms with Gasteiger partial charge >= 0.3 is 0 Å². The molecule has 0 spiro atoms. The van der Waals surface area contributed by atoms with Crippen LogP contribution in [0.4, 0.5) is 0 Å². The first-order valence-electron chi connectivity index (χ1n) is 7.21. The smallest absolute Gasteiger partial charge is 0.122 e. The molecule has 2 nitrogen and oxygen atoms in total. The van der Waals surface area contributed by atoms with Crippen molar-refractivity contribution in [3.05, 3.63) is 29.3 Å². The highest BCUT2D eigenvalue weighted by molar-refractivity contribution is 5.38. The number of fused-ring (bicyclic) bond motifs is 2. The van der Waals surface area contributed by atoms with Crippen LogP contribution in [0, 0.1) is 13.8 Å². The van der Waals surface area contributed by atoms with Crippen molar-refractivity contribution in [2.24, 2.45) is 0 Å². The van der Waals surface area contributed by atoms with Crippen LogP contribution in [0.3, 0.4) is 0 Å². The summed E-state index contributed by atoms with van der Waals surface area (Å²) in [6.07, 6.45) is 6.78. The molecule has 2 saturated heterocycles. The molecule has 98 valence electrons. The minimum atomic E-state index is 0.405. The van der Waals surface area contributed by atoms with E-state index in [0.717, 1.165) is 5.75 Å². The largest absolute Gasteiger partial charge is 0.490 e. The van der Waals surface area contributed by atoms with E-state index in [-0.39, 0.29) is 0 Å². The fourth-order valence-corrected chi connectivity index (χ4v) is 3.34. The Morgan fingerprint density at radius 3 is 2.56 bits per heavy atom. The van der Waals surface area contributed by atoms with Crippen LogP contribution in [0.1, 0.15) is 43.2 Å². The Kier molecular flexibility index (Phi) is 3.29. The molecule has 2 heterocycles. The van der Waals surface area contributed by atoms with E-state index >= 15 is 0 Å². The van der Waals surface area contributed by atoms with Crippen LogP contribution < -0.4 is 10.1 Å². The summed E-state index contributed by atoms with van der Waals surface area (Å²) in [5.74, 6) is 1.08. The van der Waals surface area contributed by atoms with E-state index in [4.69, 9.17) is 4.74 Å². The van der Waals surface area contributed by atoms with Gasteiger partial charge in [-0.3, -0.25) is 0 Å². The number of piperidine rings is 2. The zero-order valence-electron chi connectivity index (χ0n) is 11.4. The van der Waals surface area contributed by atoms with E-state index in [1.807, 2.05) is 0 Å². The minimum absolute atomic E-state index is 0.405. The quantitative estimate of drug-likeness (QED) is 0.862. The van der Waals surface area contributed by atoms with Crippen LogP contribution in [0.2, 0.25) is 0 Å². The summed E-state index contributed by atoms with van der Waals surface area (Å²) in [5, 5.41) is 3.71. The average Bonchev–Trinajstić information content (AvgIpc) is 2.35. The molecule has 2 aliphatic rings. The Morgan fingerprint density at radius 1 is 1.11 bits per heavy atom. The Balaban J connectivity index is 1.71. The molecule has 0 saturated carbocycles. The molecule has 2 heteroatoms. The van der Waals surface area contributed by atoms with Gasteiger partial charge in [-0.15, -0.1) is 0 Å². The fraction of sp³-hybridized carbons (Fsp3) is 0.625. The van der Waals surface area contributed by atoms with Crippen LogP contribution in [0.25, 0.3) is 0 Å². The lowest BCUT2D eigenvalue weighted by molar-refractivity contribution is 0.0921. The normalized spacial score (nSPS) is 31.1. The van der Waals surface area contributed by atoms with Crippen LogP contribution in [0.5, 0.6) is 5.75 Å². The molecule has 1 N–H and O–H groups in total. The van der Waals surface area contributed by atoms with Gasteiger partial charge in [-0.1, -0.05) is 18.6 Å². The number of ether oxygens (including phenoxy) is 1. The third kappa shape index (κ3) is 2.39. The van der Waals surface area contributed by atoms with Crippen molar-refractivity contribution in [1.82, 2.24) is 5.32 Å². The number of hydrogen-bond acceptors (Lipinski definition) is 2. The average molecular weight is 245 g/mol. The highest BCUT2D eigenvalue weighted by Gasteiger charge is 2.32. The standard InChI is InChI=1S/C16H23NO/c1-11-5-3-8-16(12(11)2)18-15-9-13-6-4-7-14(10-15)17-13/h3,5,8,13-15,17H,4,6-7,9-10H2,1-2H3/t13-,14+,15?. The van der Waals surface area contributed by atoms with Gasteiger partial charge in [-0.05, 0) is 56.7 Å². The third-order valence-electron chi connectivity index (χ3n) is 4.52. The molecule has 1 aromatic rings. The number of aryl methyl sites for hydroxylation is 1. The first kappa shape index (κ1) is 12.0. The first-order valence-corrected chi connectivity index (χ1v) is 7.21. The van der Waals surface area contributed by atoms with Crippen molar-refractivity contribution < 1.29 is 4.74 Å². The van der Waals surface area contributed by atoms with E-state index in [2.05, 4.69) is 37.4 Å². The molecule has 18 heavy (non-hydrogen) atoms. The van der Waals surface area contributed by atoms with Gasteiger partial charge in [0.05, 0.1) is 0 Å². The van der Waals surface area contributed by atoms with E-state index < -0.39 is 0 Å². The monoisotopic (exact) mass is 245 g/mol. The highest BCUT2D eigenvalue weighted by atomic mass is 16.5. The van der Waals surface area contributed by atoms with Gasteiger partial charge in [0.1, 0.15) is 11.9 Å². The van der Waals surface area contributed by atoms with Crippen molar-refractivity contribution in [2.45, 2.75) is 64.1 Å². The van der Waals surface area contributed by atoms with Gasteiger partial charge in [-0.2, -0.15) is 0 Å². The molecule has 2 aliphatic heterocycles. The molecule has 1 aromatic carbocycles. The van der Waals surface area contributed by atoms with Crippen molar-refractivity contribution in [3.8, 4) is 5.75 Å².